The Morgan fingerprint density at radius 2 is 0.953 bits per heavy atom. The number of aliphatic hydroxyl groups is 19. The predicted molar refractivity (Wildman–Crippen MR) is 261 cm³/mol. The van der Waals surface area contributed by atoms with E-state index in [1.807, 2.05) is 0 Å². The van der Waals surface area contributed by atoms with Gasteiger partial charge in [0, 0.05) is 20.3 Å². The molecule has 22 N–H and O–H groups in total. The van der Waals surface area contributed by atoms with E-state index in [9.17, 15) is 121 Å². The van der Waals surface area contributed by atoms with Gasteiger partial charge in [-0.3, -0.25) is 14.4 Å². The molecule has 0 aromatic rings. The van der Waals surface area contributed by atoms with Crippen LogP contribution in [0.2, 0.25) is 0 Å². The lowest BCUT2D eigenvalue weighted by atomic mass is 9.88. The molecule has 0 radical (unpaired) electrons. The molecular formula is C47H78N3O36-. The van der Waals surface area contributed by atoms with Crippen molar-refractivity contribution in [3.05, 3.63) is 0 Å². The molecule has 0 unspecified atom stereocenters. The van der Waals surface area contributed by atoms with Gasteiger partial charge in [0.2, 0.25) is 24.0 Å². The highest BCUT2D eigenvalue weighted by molar-refractivity contribution is 5.75. The zero-order valence-electron chi connectivity index (χ0n) is 45.8. The van der Waals surface area contributed by atoms with E-state index in [2.05, 4.69) is 16.0 Å². The van der Waals surface area contributed by atoms with Crippen LogP contribution in [0.25, 0.3) is 0 Å². The first kappa shape index (κ1) is 71.7. The predicted octanol–water partition coefficient (Wildman–Crippen LogP) is -16.8. The zero-order valence-corrected chi connectivity index (χ0v) is 45.8. The smallest absolute Gasteiger partial charge is 0.217 e. The number of aliphatic carboxylic acids is 1. The minimum atomic E-state index is -3.33. The second-order valence-corrected chi connectivity index (χ2v) is 21.1. The minimum Gasteiger partial charge on any atom is -0.544 e. The van der Waals surface area contributed by atoms with Crippen molar-refractivity contribution in [1.82, 2.24) is 16.0 Å². The fraction of sp³-hybridized carbons (Fsp3) is 0.915. The lowest BCUT2D eigenvalue weighted by molar-refractivity contribution is -0.411. The van der Waals surface area contributed by atoms with Crippen molar-refractivity contribution < 1.29 is 178 Å². The summed E-state index contributed by atoms with van der Waals surface area (Å²) in [5, 5.41) is 226. The van der Waals surface area contributed by atoms with E-state index >= 15 is 0 Å². The Morgan fingerprint density at radius 1 is 0.535 bits per heavy atom. The molecule has 6 aliphatic rings. The molecule has 0 saturated carbocycles. The third-order valence-corrected chi connectivity index (χ3v) is 15.2. The molecule has 6 heterocycles. The number of nitrogens with one attached hydrogen (secondary N) is 3. The average Bonchev–Trinajstić information content (AvgIpc) is 1.73. The quantitative estimate of drug-likeness (QED) is 0.0340. The van der Waals surface area contributed by atoms with Gasteiger partial charge in [0.05, 0.1) is 71.0 Å². The number of hydrogen-bond donors (Lipinski definition) is 22. The summed E-state index contributed by atoms with van der Waals surface area (Å²) in [5.41, 5.74) is 0. The van der Waals surface area contributed by atoms with Gasteiger partial charge >= 0.3 is 0 Å². The summed E-state index contributed by atoms with van der Waals surface area (Å²) >= 11 is 0. The van der Waals surface area contributed by atoms with Gasteiger partial charge < -0.3 is 180 Å². The molecule has 0 aliphatic carbocycles. The van der Waals surface area contributed by atoms with E-state index < -0.39 is 273 Å². The molecule has 0 spiro atoms. The summed E-state index contributed by atoms with van der Waals surface area (Å²) < 4.78 is 68.1. The van der Waals surface area contributed by atoms with Crippen LogP contribution < -0.4 is 21.1 Å². The largest absolute Gasteiger partial charge is 0.544 e. The van der Waals surface area contributed by atoms with Crippen LogP contribution in [-0.4, -0.2) is 370 Å². The summed E-state index contributed by atoms with van der Waals surface area (Å²) in [5.74, 6) is -7.47. The number of rotatable bonds is 27. The third kappa shape index (κ3) is 15.8. The van der Waals surface area contributed by atoms with E-state index in [-0.39, 0.29) is 6.41 Å². The van der Waals surface area contributed by atoms with E-state index in [0.29, 0.717) is 0 Å². The lowest BCUT2D eigenvalue weighted by Crippen LogP contribution is -2.72. The number of carbonyl (C=O) groups is 4. The van der Waals surface area contributed by atoms with Crippen LogP contribution in [0.5, 0.6) is 0 Å². The van der Waals surface area contributed by atoms with Crippen molar-refractivity contribution >= 4 is 24.2 Å². The van der Waals surface area contributed by atoms with Crippen molar-refractivity contribution in [3.8, 4) is 0 Å². The zero-order chi connectivity index (χ0) is 63.8. The summed E-state index contributed by atoms with van der Waals surface area (Å²) in [6, 6.07) is -4.62. The van der Waals surface area contributed by atoms with Crippen molar-refractivity contribution in [2.45, 2.75) is 216 Å². The molecule has 6 rings (SSSR count). The molecule has 6 fully saturated rings. The van der Waals surface area contributed by atoms with Crippen LogP contribution in [0, 0.1) is 0 Å². The first-order chi connectivity index (χ1) is 40.7. The number of aliphatic hydroxyl groups excluding tert-OH is 19. The SMILES string of the molecule is CC(=O)N[C@H]1[C@H](O[C@H]2[C@@H](O)[C@@H](CO)O[C@H](O[C@H]3[C@@H](O)[C@@H](CO)O[C@@H](O[C@H]4[C@H](O)[C@@H](O)[C@H](OC[C@@H](CO)NC=O)O[C@@H]4CO)[C@@H]3O)[C@@H]2O)O[C@H](CO)[C@@H](O[C@@H]2O[C@H](CO)[C@H](O)[C@H](O[C@]3(C(=O)[O-])C[C@H](O)[C@@H](NC(C)=O)[C@H]([C@H](O)[C@H](O)CO)O3)[C@H]2O)[C@@H]1O. The van der Waals surface area contributed by atoms with Crippen molar-refractivity contribution in [2.24, 2.45) is 0 Å². The molecule has 6 saturated heterocycles. The average molecular weight is 1260 g/mol. The van der Waals surface area contributed by atoms with Crippen molar-refractivity contribution in [3.63, 3.8) is 0 Å². The topological polar surface area (TPSA) is 623 Å². The van der Waals surface area contributed by atoms with Gasteiger partial charge in [0.1, 0.15) is 146 Å². The van der Waals surface area contributed by atoms with Gasteiger partial charge in [0.25, 0.3) is 0 Å². The first-order valence-corrected chi connectivity index (χ1v) is 26.9. The molecule has 32 atom stereocenters. The number of carboxylic acid groups (broad SMARTS) is 1. The van der Waals surface area contributed by atoms with E-state index in [1.165, 1.54) is 0 Å². The molecule has 0 aromatic carbocycles. The highest BCUT2D eigenvalue weighted by atomic mass is 16.8. The number of carbonyl (C=O) groups excluding carboxylic acids is 4. The Kier molecular flexibility index (Phi) is 26.3. The van der Waals surface area contributed by atoms with Crippen LogP contribution in [0.4, 0.5) is 0 Å². The highest BCUT2D eigenvalue weighted by Crippen LogP contribution is 2.40. The fourth-order valence-electron chi connectivity index (χ4n) is 10.6. The van der Waals surface area contributed by atoms with Crippen LogP contribution >= 0.6 is 0 Å². The molecule has 86 heavy (non-hydrogen) atoms. The number of carboxylic acids is 1. The third-order valence-electron chi connectivity index (χ3n) is 15.2. The normalized spacial score (nSPS) is 45.0. The Morgan fingerprint density at radius 3 is 1.40 bits per heavy atom. The van der Waals surface area contributed by atoms with Crippen LogP contribution in [0.15, 0.2) is 0 Å². The van der Waals surface area contributed by atoms with E-state index in [4.69, 9.17) is 56.8 Å². The lowest BCUT2D eigenvalue weighted by Gasteiger charge is -2.52. The summed E-state index contributed by atoms with van der Waals surface area (Å²) in [4.78, 5) is 48.6. The highest BCUT2D eigenvalue weighted by Gasteiger charge is 2.60. The van der Waals surface area contributed by atoms with Gasteiger partial charge in [-0.15, -0.1) is 0 Å². The molecular weight excluding hydrogens is 1180 g/mol. The second kappa shape index (κ2) is 31.6. The van der Waals surface area contributed by atoms with E-state index in [0.717, 1.165) is 13.8 Å². The molecule has 3 amide bonds. The molecule has 0 aromatic heterocycles. The van der Waals surface area contributed by atoms with Gasteiger partial charge in [-0.05, 0) is 0 Å². The standard InChI is InChI=1S/C47H79N3O36/c1-13(59)49-23-16(61)3-47(46(73)74,85-37(23)25(63)17(62)5-52)86-40-28(66)20(8-55)78-45(34(40)72)81-35-21(9-56)79-41(24(29(35)67)50-14(2)60)83-38-26(64)18(6-53)77-44(32(38)70)84-39-27(65)19(7-54)76-43(33(39)71)82-36-22(10-57)80-42(31(69)30(36)68)75-11-15(4-51)48-12-58/h12,15-45,51-57,61-72H,3-11H2,1-2H3,(H,48,58)(H,49,59)(H,50,60)(H,73,74)/p-1/t15-,16+,17-,18-,19-,20-,21-,22-,23-,24-,25-,26+,27+,28+,29-,30-,31-,32-,33-,34-,35-,36-,37-,38+,39+,40+,41+,42-,43+,44-,45+,47+/m1/s1. The van der Waals surface area contributed by atoms with Gasteiger partial charge in [0.15, 0.2) is 31.5 Å². The van der Waals surface area contributed by atoms with Gasteiger partial charge in [-0.2, -0.15) is 0 Å². The first-order valence-electron chi connectivity index (χ1n) is 26.9. The van der Waals surface area contributed by atoms with Crippen molar-refractivity contribution in [2.75, 3.05) is 52.9 Å². The van der Waals surface area contributed by atoms with Gasteiger partial charge in [-0.25, -0.2) is 0 Å². The Balaban J connectivity index is 1.21. The molecule has 39 nitrogen and oxygen atoms in total. The van der Waals surface area contributed by atoms with E-state index in [1.54, 1.807) is 0 Å². The maximum absolute atomic E-state index is 12.9. The number of ether oxygens (including phenoxy) is 12. The second-order valence-electron chi connectivity index (χ2n) is 21.1. The monoisotopic (exact) mass is 1260 g/mol. The molecule has 498 valence electrons. The van der Waals surface area contributed by atoms with Crippen LogP contribution in [-0.2, 0) is 76.0 Å². The van der Waals surface area contributed by atoms with Crippen LogP contribution in [0.3, 0.4) is 0 Å². The fourth-order valence-corrected chi connectivity index (χ4v) is 10.6. The Bertz CT molecular complexity index is 2150. The van der Waals surface area contributed by atoms with Gasteiger partial charge in [-0.1, -0.05) is 0 Å². The number of hydrogen-bond acceptors (Lipinski definition) is 36. The Labute approximate surface area is 486 Å². The molecule has 0 bridgehead atoms. The number of amides is 3. The summed E-state index contributed by atoms with van der Waals surface area (Å²) in [6.45, 7) is -5.76. The molecule has 6 aliphatic heterocycles. The van der Waals surface area contributed by atoms with Crippen LogP contribution in [0.1, 0.15) is 20.3 Å². The Hall–Kier alpha value is -3.36. The summed E-state index contributed by atoms with van der Waals surface area (Å²) in [6.07, 6.45) is -58.9. The van der Waals surface area contributed by atoms with Crippen molar-refractivity contribution in [1.29, 1.82) is 0 Å². The maximum Gasteiger partial charge on any atom is 0.217 e. The molecule has 39 heteroatoms. The maximum atomic E-state index is 12.9. The summed E-state index contributed by atoms with van der Waals surface area (Å²) in [7, 11) is 0. The minimum absolute atomic E-state index is 0.261.